The molecular formula is C19H26N2O3S. The summed E-state index contributed by atoms with van der Waals surface area (Å²) in [5.41, 5.74) is 0.236. The second kappa shape index (κ2) is 7.57. The quantitative estimate of drug-likeness (QED) is 0.814. The number of nitrogens with zero attached hydrogens (tertiary/aromatic N) is 1. The maximum Gasteiger partial charge on any atom is 0.349 e. The van der Waals surface area contributed by atoms with E-state index in [1.807, 2.05) is 19.9 Å². The smallest absolute Gasteiger partial charge is 0.349 e. The van der Waals surface area contributed by atoms with E-state index in [4.69, 9.17) is 4.74 Å². The van der Waals surface area contributed by atoms with Crippen LogP contribution in [-0.2, 0) is 22.4 Å². The summed E-state index contributed by atoms with van der Waals surface area (Å²) in [6.45, 7) is 9.13. The minimum atomic E-state index is -0.990. The van der Waals surface area contributed by atoms with Gasteiger partial charge in [0.1, 0.15) is 10.4 Å². The number of aryl methyl sites for hydroxylation is 1. The van der Waals surface area contributed by atoms with Gasteiger partial charge in [-0.25, -0.2) is 4.79 Å². The van der Waals surface area contributed by atoms with E-state index in [9.17, 15) is 14.9 Å². The van der Waals surface area contributed by atoms with Gasteiger partial charge >= 0.3 is 5.97 Å². The van der Waals surface area contributed by atoms with Crippen LogP contribution < -0.4 is 5.32 Å². The lowest BCUT2D eigenvalue weighted by Gasteiger charge is -2.28. The fourth-order valence-electron chi connectivity index (χ4n) is 2.74. The molecule has 0 saturated carbocycles. The SMILES string of the molecule is CC(C)[C@](C)(C#N)NC(=O)[C@H](C)OC(=O)c1cc2c(s1)CC[C@@H](C)C2. The topological polar surface area (TPSA) is 79.2 Å². The zero-order valence-corrected chi connectivity index (χ0v) is 16.3. The Balaban J connectivity index is 2.01. The predicted octanol–water partition coefficient (Wildman–Crippen LogP) is 3.47. The average molecular weight is 362 g/mol. The van der Waals surface area contributed by atoms with Crippen molar-refractivity contribution in [1.29, 1.82) is 5.26 Å². The normalized spacial score (nSPS) is 20.1. The highest BCUT2D eigenvalue weighted by Gasteiger charge is 2.33. The molecule has 3 atom stereocenters. The Morgan fingerprint density at radius 3 is 2.72 bits per heavy atom. The van der Waals surface area contributed by atoms with Crippen LogP contribution in [0.25, 0.3) is 0 Å². The molecule has 1 heterocycles. The van der Waals surface area contributed by atoms with E-state index in [0.29, 0.717) is 10.8 Å². The van der Waals surface area contributed by atoms with Crippen LogP contribution in [0.15, 0.2) is 6.07 Å². The molecule has 0 aromatic carbocycles. The number of rotatable bonds is 5. The highest BCUT2D eigenvalue weighted by atomic mass is 32.1. The molecule has 1 aromatic rings. The van der Waals surface area contributed by atoms with Crippen molar-refractivity contribution < 1.29 is 14.3 Å². The van der Waals surface area contributed by atoms with Gasteiger partial charge in [-0.1, -0.05) is 20.8 Å². The average Bonchev–Trinajstić information content (AvgIpc) is 2.97. The molecule has 0 fully saturated rings. The number of ether oxygens (including phenoxy) is 1. The number of thiophene rings is 1. The van der Waals surface area contributed by atoms with Crippen molar-refractivity contribution in [2.24, 2.45) is 11.8 Å². The number of esters is 1. The summed E-state index contributed by atoms with van der Waals surface area (Å²) in [5.74, 6) is -0.357. The third kappa shape index (κ3) is 4.40. The number of nitriles is 1. The summed E-state index contributed by atoms with van der Waals surface area (Å²) >= 11 is 1.46. The van der Waals surface area contributed by atoms with Crippen LogP contribution >= 0.6 is 11.3 Å². The van der Waals surface area contributed by atoms with E-state index < -0.39 is 23.5 Å². The Morgan fingerprint density at radius 2 is 2.12 bits per heavy atom. The number of nitrogens with one attached hydrogen (secondary N) is 1. The first-order valence-corrected chi connectivity index (χ1v) is 9.53. The van der Waals surface area contributed by atoms with E-state index in [0.717, 1.165) is 19.3 Å². The second-order valence-corrected chi connectivity index (χ2v) is 8.55. The summed E-state index contributed by atoms with van der Waals surface area (Å²) in [7, 11) is 0. The Labute approximate surface area is 153 Å². The standard InChI is InChI=1S/C19H26N2O3S/c1-11(2)19(5,10-20)21-17(22)13(4)24-18(23)16-9-14-8-12(3)6-7-15(14)25-16/h9,11-13H,6-8H2,1-5H3,(H,21,22)/t12-,13+,19+/m1/s1. The lowest BCUT2D eigenvalue weighted by atomic mass is 9.90. The van der Waals surface area contributed by atoms with E-state index >= 15 is 0 Å². The number of carbonyl (C=O) groups excluding carboxylic acids is 2. The summed E-state index contributed by atoms with van der Waals surface area (Å²) in [4.78, 5) is 26.5. The molecule has 0 radical (unpaired) electrons. The fourth-order valence-corrected chi connectivity index (χ4v) is 3.83. The summed E-state index contributed by atoms with van der Waals surface area (Å²) in [5, 5.41) is 12.0. The van der Waals surface area contributed by atoms with Crippen LogP contribution in [0, 0.1) is 23.2 Å². The molecule has 2 rings (SSSR count). The third-order valence-electron chi connectivity index (χ3n) is 4.95. The molecule has 1 amide bonds. The Kier molecular flexibility index (Phi) is 5.89. The first kappa shape index (κ1) is 19.5. The van der Waals surface area contributed by atoms with Crippen LogP contribution in [0.2, 0.25) is 0 Å². The number of carbonyl (C=O) groups is 2. The minimum absolute atomic E-state index is 0.0599. The Morgan fingerprint density at radius 1 is 1.44 bits per heavy atom. The zero-order chi connectivity index (χ0) is 18.8. The third-order valence-corrected chi connectivity index (χ3v) is 6.17. The molecule has 6 heteroatoms. The van der Waals surface area contributed by atoms with Gasteiger partial charge in [0.25, 0.3) is 5.91 Å². The maximum atomic E-state index is 12.4. The van der Waals surface area contributed by atoms with Gasteiger partial charge in [-0.15, -0.1) is 11.3 Å². The lowest BCUT2D eigenvalue weighted by molar-refractivity contribution is -0.130. The van der Waals surface area contributed by atoms with E-state index in [2.05, 4.69) is 18.3 Å². The van der Waals surface area contributed by atoms with Crippen molar-refractivity contribution in [2.45, 2.75) is 65.5 Å². The van der Waals surface area contributed by atoms with Gasteiger partial charge in [0.2, 0.25) is 0 Å². The molecule has 0 unspecified atom stereocenters. The highest BCUT2D eigenvalue weighted by Crippen LogP contribution is 2.32. The van der Waals surface area contributed by atoms with E-state index in [1.54, 1.807) is 6.92 Å². The zero-order valence-electron chi connectivity index (χ0n) is 15.5. The molecule has 0 bridgehead atoms. The van der Waals surface area contributed by atoms with Gasteiger partial charge in [0, 0.05) is 4.88 Å². The van der Waals surface area contributed by atoms with Crippen LogP contribution in [-0.4, -0.2) is 23.5 Å². The van der Waals surface area contributed by atoms with Crippen molar-refractivity contribution in [2.75, 3.05) is 0 Å². The molecule has 25 heavy (non-hydrogen) atoms. The van der Waals surface area contributed by atoms with Crippen molar-refractivity contribution in [3.8, 4) is 6.07 Å². The molecule has 136 valence electrons. The van der Waals surface area contributed by atoms with Crippen LogP contribution in [0.3, 0.4) is 0 Å². The molecular weight excluding hydrogens is 336 g/mol. The molecule has 0 aliphatic heterocycles. The summed E-state index contributed by atoms with van der Waals surface area (Å²) < 4.78 is 5.32. The molecule has 0 saturated heterocycles. The molecule has 5 nitrogen and oxygen atoms in total. The molecule has 1 aliphatic carbocycles. The largest absolute Gasteiger partial charge is 0.448 e. The first-order chi connectivity index (χ1) is 11.7. The first-order valence-electron chi connectivity index (χ1n) is 8.72. The van der Waals surface area contributed by atoms with Crippen molar-refractivity contribution in [1.82, 2.24) is 5.32 Å². The van der Waals surface area contributed by atoms with Crippen LogP contribution in [0.4, 0.5) is 0 Å². The number of fused-ring (bicyclic) bond motifs is 1. The molecule has 1 N–H and O–H groups in total. The van der Waals surface area contributed by atoms with Crippen LogP contribution in [0.1, 0.15) is 61.2 Å². The van der Waals surface area contributed by atoms with Crippen molar-refractivity contribution >= 4 is 23.2 Å². The molecule has 1 aromatic heterocycles. The monoisotopic (exact) mass is 362 g/mol. The maximum absolute atomic E-state index is 12.4. The van der Waals surface area contributed by atoms with Crippen molar-refractivity contribution in [3.63, 3.8) is 0 Å². The summed E-state index contributed by atoms with van der Waals surface area (Å²) in [6.07, 6.45) is 2.18. The van der Waals surface area contributed by atoms with Gasteiger partial charge in [-0.3, -0.25) is 4.79 Å². The number of hydrogen-bond acceptors (Lipinski definition) is 5. The Bertz CT molecular complexity index is 704. The van der Waals surface area contributed by atoms with Gasteiger partial charge in [-0.2, -0.15) is 5.26 Å². The molecule has 1 aliphatic rings. The van der Waals surface area contributed by atoms with E-state index in [-0.39, 0.29) is 5.92 Å². The number of hydrogen-bond donors (Lipinski definition) is 1. The predicted molar refractivity (Wildman–Crippen MR) is 97.4 cm³/mol. The summed E-state index contributed by atoms with van der Waals surface area (Å²) in [6, 6.07) is 4.01. The lowest BCUT2D eigenvalue weighted by Crippen LogP contribution is -2.52. The van der Waals surface area contributed by atoms with Crippen molar-refractivity contribution in [3.05, 3.63) is 21.4 Å². The fraction of sp³-hybridized carbons (Fsp3) is 0.632. The van der Waals surface area contributed by atoms with Crippen LogP contribution in [0.5, 0.6) is 0 Å². The second-order valence-electron chi connectivity index (χ2n) is 7.41. The number of amides is 1. The van der Waals surface area contributed by atoms with Gasteiger partial charge < -0.3 is 10.1 Å². The molecule has 0 spiro atoms. The van der Waals surface area contributed by atoms with Gasteiger partial charge in [0.15, 0.2) is 6.10 Å². The Hall–Kier alpha value is -1.87. The van der Waals surface area contributed by atoms with Gasteiger partial charge in [-0.05, 0) is 56.6 Å². The highest BCUT2D eigenvalue weighted by molar-refractivity contribution is 7.14. The van der Waals surface area contributed by atoms with Gasteiger partial charge in [0.05, 0.1) is 6.07 Å². The minimum Gasteiger partial charge on any atom is -0.448 e. The van der Waals surface area contributed by atoms with E-state index in [1.165, 1.54) is 28.7 Å².